The van der Waals surface area contributed by atoms with Crippen LogP contribution in [-0.4, -0.2) is 47.6 Å². The second-order valence-electron chi connectivity index (χ2n) is 6.92. The van der Waals surface area contributed by atoms with Gasteiger partial charge in [0.2, 0.25) is 5.91 Å². The van der Waals surface area contributed by atoms with Gasteiger partial charge in [0.1, 0.15) is 15.7 Å². The summed E-state index contributed by atoms with van der Waals surface area (Å²) in [6.45, 7) is 1.88. The van der Waals surface area contributed by atoms with Crippen LogP contribution in [0.25, 0.3) is 10.2 Å². The Morgan fingerprint density at radius 2 is 2.12 bits per heavy atom. The predicted octanol–water partition coefficient (Wildman–Crippen LogP) is 2.27. The number of fused-ring (bicyclic) bond motifs is 3. The quantitative estimate of drug-likeness (QED) is 0.613. The van der Waals surface area contributed by atoms with Crippen molar-refractivity contribution in [3.63, 3.8) is 0 Å². The average molecular weight is 412 g/mol. The molecule has 0 spiro atoms. The number of rotatable bonds is 4. The molecule has 1 saturated heterocycles. The van der Waals surface area contributed by atoms with Gasteiger partial charge in [-0.25, -0.2) is 18.4 Å². The molecule has 1 N–H and O–H groups in total. The molecule has 1 atom stereocenters. The lowest BCUT2D eigenvalue weighted by Crippen LogP contribution is -2.36. The molecule has 0 radical (unpaired) electrons. The van der Waals surface area contributed by atoms with Gasteiger partial charge in [-0.15, -0.1) is 11.3 Å². The summed E-state index contributed by atoms with van der Waals surface area (Å²) in [6, 6.07) is -0.255. The monoisotopic (exact) mass is 411 g/mol. The molecule has 140 valence electrons. The first-order valence-electron chi connectivity index (χ1n) is 8.83. The summed E-state index contributed by atoms with van der Waals surface area (Å²) in [5.74, 6) is 1.05. The first-order valence-corrected chi connectivity index (χ1v) is 12.4. The Morgan fingerprint density at radius 3 is 2.88 bits per heavy atom. The second kappa shape index (κ2) is 7.09. The Balaban J connectivity index is 1.50. The fraction of sp³-hybridized carbons (Fsp3) is 0.588. The molecule has 0 bridgehead atoms. The Hall–Kier alpha value is -1.19. The van der Waals surface area contributed by atoms with Gasteiger partial charge < -0.3 is 5.32 Å². The number of carbonyl (C=O) groups excluding carboxylic acids is 1. The molecule has 2 aromatic rings. The van der Waals surface area contributed by atoms with Crippen LogP contribution < -0.4 is 5.32 Å². The van der Waals surface area contributed by atoms with Crippen molar-refractivity contribution in [1.29, 1.82) is 0 Å². The van der Waals surface area contributed by atoms with Gasteiger partial charge in [0.25, 0.3) is 0 Å². The second-order valence-corrected chi connectivity index (χ2v) is 11.2. The lowest BCUT2D eigenvalue weighted by Gasteiger charge is -2.12. The van der Waals surface area contributed by atoms with Gasteiger partial charge in [-0.3, -0.25) is 4.79 Å². The standard InChI is InChI=1S/C17H21N3O3S3/c1-10-18-16(15-12-4-2-3-5-13(12)25-17(15)19-10)24-8-14(21)20-11-6-7-26(22,23)9-11/h11H,2-9H2,1H3,(H,20,21)/t11-/m1/s1. The van der Waals surface area contributed by atoms with Crippen molar-refractivity contribution in [3.05, 3.63) is 16.3 Å². The Kier molecular flexibility index (Phi) is 4.96. The summed E-state index contributed by atoms with van der Waals surface area (Å²) < 4.78 is 23.0. The minimum atomic E-state index is -2.99. The third kappa shape index (κ3) is 3.75. The number of amides is 1. The Labute approximate surface area is 161 Å². The van der Waals surface area contributed by atoms with E-state index in [0.717, 1.165) is 33.9 Å². The summed E-state index contributed by atoms with van der Waals surface area (Å²) in [5, 5.41) is 4.84. The van der Waals surface area contributed by atoms with Gasteiger partial charge in [-0.2, -0.15) is 0 Å². The summed E-state index contributed by atoms with van der Waals surface area (Å²) in [7, 11) is -2.99. The molecule has 1 fully saturated rings. The van der Waals surface area contributed by atoms with Crippen LogP contribution in [0.1, 0.15) is 35.5 Å². The smallest absolute Gasteiger partial charge is 0.230 e. The molecule has 26 heavy (non-hydrogen) atoms. The Morgan fingerprint density at radius 1 is 1.31 bits per heavy atom. The van der Waals surface area contributed by atoms with Crippen molar-refractivity contribution in [2.75, 3.05) is 17.3 Å². The topological polar surface area (TPSA) is 89.0 Å². The third-order valence-corrected chi connectivity index (χ3v) is 8.76. The fourth-order valence-electron chi connectivity index (χ4n) is 3.64. The number of thiophene rings is 1. The molecule has 6 nitrogen and oxygen atoms in total. The minimum Gasteiger partial charge on any atom is -0.352 e. The number of nitrogens with zero attached hydrogens (tertiary/aromatic N) is 2. The number of hydrogen-bond donors (Lipinski definition) is 1. The molecule has 2 aliphatic rings. The van der Waals surface area contributed by atoms with E-state index in [1.165, 1.54) is 35.0 Å². The van der Waals surface area contributed by atoms with Gasteiger partial charge >= 0.3 is 0 Å². The largest absolute Gasteiger partial charge is 0.352 e. The van der Waals surface area contributed by atoms with Crippen LogP contribution in [-0.2, 0) is 27.5 Å². The zero-order valence-electron chi connectivity index (χ0n) is 14.6. The highest BCUT2D eigenvalue weighted by atomic mass is 32.2. The summed E-state index contributed by atoms with van der Waals surface area (Å²) in [4.78, 5) is 23.9. The highest BCUT2D eigenvalue weighted by Crippen LogP contribution is 2.39. The maximum atomic E-state index is 12.3. The highest BCUT2D eigenvalue weighted by Gasteiger charge is 2.29. The zero-order valence-corrected chi connectivity index (χ0v) is 17.0. The Bertz CT molecular complexity index is 969. The molecule has 9 heteroatoms. The normalized spacial score (nSPS) is 21.7. The van der Waals surface area contributed by atoms with Crippen LogP contribution in [0.5, 0.6) is 0 Å². The average Bonchev–Trinajstić information content (AvgIpc) is 3.11. The van der Waals surface area contributed by atoms with Crippen LogP contribution >= 0.6 is 23.1 Å². The molecule has 1 amide bonds. The first-order chi connectivity index (χ1) is 12.4. The van der Waals surface area contributed by atoms with Gasteiger partial charge in [-0.05, 0) is 44.6 Å². The van der Waals surface area contributed by atoms with E-state index >= 15 is 0 Å². The number of carbonyl (C=O) groups is 1. The van der Waals surface area contributed by atoms with E-state index in [2.05, 4.69) is 15.3 Å². The number of aryl methyl sites for hydroxylation is 3. The van der Waals surface area contributed by atoms with Crippen LogP contribution in [0, 0.1) is 6.92 Å². The van der Waals surface area contributed by atoms with Crippen molar-refractivity contribution < 1.29 is 13.2 Å². The summed E-state index contributed by atoms with van der Waals surface area (Å²) in [6.07, 6.45) is 5.08. The van der Waals surface area contributed by atoms with Crippen LogP contribution in [0.15, 0.2) is 5.03 Å². The molecule has 0 unspecified atom stereocenters. The van der Waals surface area contributed by atoms with Crippen molar-refractivity contribution in [3.8, 4) is 0 Å². The molecular formula is C17H21N3O3S3. The predicted molar refractivity (Wildman–Crippen MR) is 105 cm³/mol. The third-order valence-electron chi connectivity index (χ3n) is 4.83. The lowest BCUT2D eigenvalue weighted by molar-refractivity contribution is -0.119. The molecule has 2 aromatic heterocycles. The first kappa shape index (κ1) is 18.2. The lowest BCUT2D eigenvalue weighted by atomic mass is 9.97. The van der Waals surface area contributed by atoms with E-state index in [-0.39, 0.29) is 29.2 Å². The van der Waals surface area contributed by atoms with E-state index in [0.29, 0.717) is 6.42 Å². The minimum absolute atomic E-state index is 0.0539. The molecule has 0 aromatic carbocycles. The molecule has 1 aliphatic heterocycles. The van der Waals surface area contributed by atoms with E-state index in [1.54, 1.807) is 11.3 Å². The number of sulfone groups is 1. The summed E-state index contributed by atoms with van der Waals surface area (Å²) in [5.41, 5.74) is 1.36. The van der Waals surface area contributed by atoms with Gasteiger partial charge in [-0.1, -0.05) is 11.8 Å². The summed E-state index contributed by atoms with van der Waals surface area (Å²) >= 11 is 3.18. The van der Waals surface area contributed by atoms with E-state index in [1.807, 2.05) is 6.92 Å². The molecular weight excluding hydrogens is 390 g/mol. The molecule has 1 aliphatic carbocycles. The van der Waals surface area contributed by atoms with Crippen LogP contribution in [0.3, 0.4) is 0 Å². The van der Waals surface area contributed by atoms with Crippen molar-refractivity contribution in [2.24, 2.45) is 0 Å². The van der Waals surface area contributed by atoms with Gasteiger partial charge in [0.05, 0.1) is 17.3 Å². The van der Waals surface area contributed by atoms with Crippen molar-refractivity contribution >= 4 is 49.1 Å². The highest BCUT2D eigenvalue weighted by molar-refractivity contribution is 8.00. The van der Waals surface area contributed by atoms with Crippen LogP contribution in [0.4, 0.5) is 0 Å². The molecule has 3 heterocycles. The zero-order chi connectivity index (χ0) is 18.3. The van der Waals surface area contributed by atoms with E-state index < -0.39 is 9.84 Å². The molecule has 4 rings (SSSR count). The van der Waals surface area contributed by atoms with Crippen LogP contribution in [0.2, 0.25) is 0 Å². The maximum Gasteiger partial charge on any atom is 0.230 e. The van der Waals surface area contributed by atoms with Crippen molar-refractivity contribution in [1.82, 2.24) is 15.3 Å². The van der Waals surface area contributed by atoms with Gasteiger partial charge in [0.15, 0.2) is 9.84 Å². The fourth-order valence-corrected chi connectivity index (χ4v) is 7.60. The maximum absolute atomic E-state index is 12.3. The number of nitrogens with one attached hydrogen (secondary N) is 1. The van der Waals surface area contributed by atoms with Gasteiger partial charge in [0, 0.05) is 16.3 Å². The number of thioether (sulfide) groups is 1. The number of hydrogen-bond acceptors (Lipinski definition) is 7. The molecule has 0 saturated carbocycles. The number of aromatic nitrogens is 2. The SMILES string of the molecule is Cc1nc(SCC(=O)N[C@@H]2CCS(=O)(=O)C2)c2c3c(sc2n1)CCCC3. The van der Waals surface area contributed by atoms with Crippen molar-refractivity contribution in [2.45, 2.75) is 50.1 Å². The van der Waals surface area contributed by atoms with E-state index in [9.17, 15) is 13.2 Å². The van der Waals surface area contributed by atoms with E-state index in [4.69, 9.17) is 0 Å².